The molecule has 1 saturated heterocycles. The zero-order chi connectivity index (χ0) is 22.6. The van der Waals surface area contributed by atoms with E-state index in [2.05, 4.69) is 15.3 Å². The van der Waals surface area contributed by atoms with Crippen LogP contribution in [0.2, 0.25) is 0 Å². The average molecular weight is 439 g/mol. The number of aromatic nitrogens is 2. The van der Waals surface area contributed by atoms with E-state index in [1.165, 1.54) is 23.9 Å². The summed E-state index contributed by atoms with van der Waals surface area (Å²) >= 11 is 0. The number of benzene rings is 1. The number of rotatable bonds is 6. The summed E-state index contributed by atoms with van der Waals surface area (Å²) < 4.78 is 45.0. The minimum Gasteiger partial charge on any atom is -0.479 e. The Labute approximate surface area is 177 Å². The predicted molar refractivity (Wildman–Crippen MR) is 106 cm³/mol. The van der Waals surface area contributed by atoms with Gasteiger partial charge in [-0.25, -0.2) is 0 Å². The molecule has 2 aromatic rings. The minimum atomic E-state index is -4.49. The Balaban J connectivity index is 1.45. The zero-order valence-corrected chi connectivity index (χ0v) is 17.3. The Morgan fingerprint density at radius 2 is 1.90 bits per heavy atom. The second-order valence-corrected chi connectivity index (χ2v) is 7.19. The van der Waals surface area contributed by atoms with Gasteiger partial charge in [-0.15, -0.1) is 5.10 Å². The van der Waals surface area contributed by atoms with Crippen LogP contribution in [0.5, 0.6) is 5.88 Å². The Kier molecular flexibility index (Phi) is 6.84. The van der Waals surface area contributed by atoms with Crippen molar-refractivity contribution in [1.82, 2.24) is 24.9 Å². The fourth-order valence-corrected chi connectivity index (χ4v) is 3.38. The molecule has 3 rings (SSSR count). The molecule has 0 saturated carbocycles. The van der Waals surface area contributed by atoms with Crippen molar-refractivity contribution in [3.05, 3.63) is 47.2 Å². The normalized spacial score (nSPS) is 15.1. The van der Waals surface area contributed by atoms with Crippen LogP contribution in [0.3, 0.4) is 0 Å². The number of aryl methyl sites for hydroxylation is 1. The van der Waals surface area contributed by atoms with Crippen molar-refractivity contribution in [2.75, 3.05) is 46.4 Å². The molecule has 1 aromatic heterocycles. The first-order chi connectivity index (χ1) is 14.7. The number of hydrogen-bond acceptors (Lipinski definition) is 5. The van der Waals surface area contributed by atoms with Crippen molar-refractivity contribution in [3.8, 4) is 5.88 Å². The second kappa shape index (κ2) is 9.38. The molecule has 0 unspecified atom stereocenters. The SMILES string of the molecule is COc1nn(C)cc1C(=O)N1CCN(CCNC(=O)c2cccc(C(F)(F)F)c2)CC1. The predicted octanol–water partition coefficient (Wildman–Crippen LogP) is 1.64. The van der Waals surface area contributed by atoms with Crippen LogP contribution in [0.1, 0.15) is 26.3 Å². The molecular weight excluding hydrogens is 415 g/mol. The Hall–Kier alpha value is -3.08. The van der Waals surface area contributed by atoms with Crippen LogP contribution in [0.15, 0.2) is 30.5 Å². The van der Waals surface area contributed by atoms with E-state index >= 15 is 0 Å². The number of carbonyl (C=O) groups is 2. The molecule has 1 aromatic carbocycles. The fourth-order valence-electron chi connectivity index (χ4n) is 3.38. The quantitative estimate of drug-likeness (QED) is 0.740. The second-order valence-electron chi connectivity index (χ2n) is 7.19. The first-order valence-corrected chi connectivity index (χ1v) is 9.73. The first-order valence-electron chi connectivity index (χ1n) is 9.73. The molecule has 0 spiro atoms. The van der Waals surface area contributed by atoms with E-state index in [1.54, 1.807) is 18.1 Å². The van der Waals surface area contributed by atoms with Gasteiger partial charge in [0.25, 0.3) is 11.8 Å². The van der Waals surface area contributed by atoms with E-state index in [0.29, 0.717) is 44.8 Å². The van der Waals surface area contributed by atoms with Gasteiger partial charge in [-0.05, 0) is 18.2 Å². The van der Waals surface area contributed by atoms with Gasteiger partial charge in [-0.1, -0.05) is 6.07 Å². The molecule has 8 nitrogen and oxygen atoms in total. The maximum Gasteiger partial charge on any atom is 0.416 e. The van der Waals surface area contributed by atoms with Crippen LogP contribution in [0.25, 0.3) is 0 Å². The molecule has 1 N–H and O–H groups in total. The van der Waals surface area contributed by atoms with Gasteiger partial charge < -0.3 is 15.0 Å². The number of amides is 2. The summed E-state index contributed by atoms with van der Waals surface area (Å²) in [5, 5.41) is 6.74. The van der Waals surface area contributed by atoms with Crippen LogP contribution in [0, 0.1) is 0 Å². The minimum absolute atomic E-state index is 0.0318. The molecule has 11 heteroatoms. The van der Waals surface area contributed by atoms with Gasteiger partial charge in [-0.3, -0.25) is 19.2 Å². The van der Waals surface area contributed by atoms with E-state index in [0.717, 1.165) is 12.1 Å². The zero-order valence-electron chi connectivity index (χ0n) is 17.3. The molecule has 2 amide bonds. The van der Waals surface area contributed by atoms with E-state index < -0.39 is 17.6 Å². The van der Waals surface area contributed by atoms with E-state index in [9.17, 15) is 22.8 Å². The summed E-state index contributed by atoms with van der Waals surface area (Å²) in [6.07, 6.45) is -2.87. The van der Waals surface area contributed by atoms with Crippen molar-refractivity contribution < 1.29 is 27.5 Å². The Bertz CT molecular complexity index is 936. The molecular formula is C20H24F3N5O3. The topological polar surface area (TPSA) is 79.7 Å². The number of alkyl halides is 3. The third-order valence-electron chi connectivity index (χ3n) is 5.04. The maximum atomic E-state index is 12.8. The fraction of sp³-hybridized carbons (Fsp3) is 0.450. The number of nitrogens with zero attached hydrogens (tertiary/aromatic N) is 4. The molecule has 31 heavy (non-hydrogen) atoms. The highest BCUT2D eigenvalue weighted by molar-refractivity contribution is 5.96. The summed E-state index contributed by atoms with van der Waals surface area (Å²) in [6, 6.07) is 4.33. The number of nitrogens with one attached hydrogen (secondary N) is 1. The molecule has 0 atom stereocenters. The van der Waals surface area contributed by atoms with Crippen LogP contribution < -0.4 is 10.1 Å². The molecule has 168 valence electrons. The number of halogens is 3. The standard InChI is InChI=1S/C20H24F3N5O3/c1-26-13-16(18(25-26)31-2)19(30)28-10-8-27(9-11-28)7-6-24-17(29)14-4-3-5-15(12-14)20(21,22)23/h3-5,12-13H,6-11H2,1-2H3,(H,24,29). The van der Waals surface area contributed by atoms with Crippen molar-refractivity contribution >= 4 is 11.8 Å². The van der Waals surface area contributed by atoms with Gasteiger partial charge in [0.1, 0.15) is 5.56 Å². The highest BCUT2D eigenvalue weighted by atomic mass is 19.4. The summed E-state index contributed by atoms with van der Waals surface area (Å²) in [5.41, 5.74) is -0.478. The molecule has 0 bridgehead atoms. The van der Waals surface area contributed by atoms with Crippen LogP contribution in [-0.4, -0.2) is 77.8 Å². The monoisotopic (exact) mass is 439 g/mol. The Morgan fingerprint density at radius 3 is 2.55 bits per heavy atom. The number of piperazine rings is 1. The van der Waals surface area contributed by atoms with Gasteiger partial charge >= 0.3 is 6.18 Å². The third-order valence-corrected chi connectivity index (χ3v) is 5.04. The van der Waals surface area contributed by atoms with Gasteiger partial charge in [-0.2, -0.15) is 13.2 Å². The largest absolute Gasteiger partial charge is 0.479 e. The highest BCUT2D eigenvalue weighted by Gasteiger charge is 2.31. The van der Waals surface area contributed by atoms with E-state index in [1.807, 2.05) is 0 Å². The van der Waals surface area contributed by atoms with E-state index in [-0.39, 0.29) is 17.4 Å². The first kappa shape index (κ1) is 22.6. The lowest BCUT2D eigenvalue weighted by Gasteiger charge is -2.34. The van der Waals surface area contributed by atoms with Gasteiger partial charge in [0.15, 0.2) is 0 Å². The molecule has 0 aliphatic carbocycles. The molecule has 1 fully saturated rings. The molecule has 2 heterocycles. The van der Waals surface area contributed by atoms with E-state index in [4.69, 9.17) is 4.74 Å². The van der Waals surface area contributed by atoms with Crippen LogP contribution in [0.4, 0.5) is 13.2 Å². The molecule has 0 radical (unpaired) electrons. The lowest BCUT2D eigenvalue weighted by Crippen LogP contribution is -2.50. The maximum absolute atomic E-state index is 12.8. The summed E-state index contributed by atoms with van der Waals surface area (Å²) in [6.45, 7) is 3.08. The summed E-state index contributed by atoms with van der Waals surface area (Å²) in [4.78, 5) is 28.7. The smallest absolute Gasteiger partial charge is 0.416 e. The number of hydrogen-bond donors (Lipinski definition) is 1. The average Bonchev–Trinajstić information content (AvgIpc) is 3.14. The molecule has 1 aliphatic heterocycles. The van der Waals surface area contributed by atoms with Crippen LogP contribution in [-0.2, 0) is 13.2 Å². The number of ether oxygens (including phenoxy) is 1. The number of carbonyl (C=O) groups excluding carboxylic acids is 2. The third kappa shape index (κ3) is 5.54. The van der Waals surface area contributed by atoms with Gasteiger partial charge in [0, 0.05) is 58.1 Å². The lowest BCUT2D eigenvalue weighted by atomic mass is 10.1. The van der Waals surface area contributed by atoms with Crippen LogP contribution >= 0.6 is 0 Å². The van der Waals surface area contributed by atoms with Crippen molar-refractivity contribution in [2.45, 2.75) is 6.18 Å². The van der Waals surface area contributed by atoms with Crippen molar-refractivity contribution in [2.24, 2.45) is 7.05 Å². The number of methoxy groups -OCH3 is 1. The summed E-state index contributed by atoms with van der Waals surface area (Å²) in [5.74, 6) is -0.418. The van der Waals surface area contributed by atoms with Gasteiger partial charge in [0.2, 0.25) is 5.88 Å². The molecule has 1 aliphatic rings. The van der Waals surface area contributed by atoms with Gasteiger partial charge in [0.05, 0.1) is 12.7 Å². The van der Waals surface area contributed by atoms with Crippen molar-refractivity contribution in [3.63, 3.8) is 0 Å². The summed E-state index contributed by atoms with van der Waals surface area (Å²) in [7, 11) is 3.18. The Morgan fingerprint density at radius 1 is 1.19 bits per heavy atom. The highest BCUT2D eigenvalue weighted by Crippen LogP contribution is 2.29. The van der Waals surface area contributed by atoms with Crippen molar-refractivity contribution in [1.29, 1.82) is 0 Å². The lowest BCUT2D eigenvalue weighted by molar-refractivity contribution is -0.137.